The van der Waals surface area contributed by atoms with Crippen molar-refractivity contribution in [3.05, 3.63) is 24.5 Å². The summed E-state index contributed by atoms with van der Waals surface area (Å²) in [6.07, 6.45) is 5.83. The Kier molecular flexibility index (Phi) is 3.76. The summed E-state index contributed by atoms with van der Waals surface area (Å²) in [5, 5.41) is 3.60. The number of hydrogen-bond acceptors (Lipinski definition) is 5. The lowest BCUT2D eigenvalue weighted by atomic mass is 10.1. The van der Waals surface area contributed by atoms with Crippen molar-refractivity contribution in [3.63, 3.8) is 0 Å². The van der Waals surface area contributed by atoms with Gasteiger partial charge in [-0.1, -0.05) is 0 Å². The van der Waals surface area contributed by atoms with Gasteiger partial charge in [-0.3, -0.25) is 4.98 Å². The SMILES string of the molecule is CC(C)(C)NCC1CCCN1c1ccc2nccnc2n1. The van der Waals surface area contributed by atoms with Crippen molar-refractivity contribution in [2.75, 3.05) is 18.0 Å². The third-order valence-corrected chi connectivity index (χ3v) is 3.86. The van der Waals surface area contributed by atoms with Crippen LogP contribution in [-0.4, -0.2) is 39.6 Å². The molecule has 2 aromatic heterocycles. The van der Waals surface area contributed by atoms with Crippen molar-refractivity contribution in [2.24, 2.45) is 0 Å². The third kappa shape index (κ3) is 3.29. The first-order chi connectivity index (χ1) is 10.0. The highest BCUT2D eigenvalue weighted by atomic mass is 15.2. The normalized spacial score (nSPS) is 19.4. The number of nitrogens with zero attached hydrogens (tertiary/aromatic N) is 4. The summed E-state index contributed by atoms with van der Waals surface area (Å²) >= 11 is 0. The molecule has 1 aliphatic rings. The molecular formula is C16H23N5. The topological polar surface area (TPSA) is 53.9 Å². The lowest BCUT2D eigenvalue weighted by Gasteiger charge is -2.29. The summed E-state index contributed by atoms with van der Waals surface area (Å²) in [5.74, 6) is 1.02. The molecule has 1 saturated heterocycles. The van der Waals surface area contributed by atoms with Gasteiger partial charge in [0.05, 0.1) is 0 Å². The van der Waals surface area contributed by atoms with Crippen LogP contribution in [0, 0.1) is 0 Å². The van der Waals surface area contributed by atoms with E-state index in [1.165, 1.54) is 12.8 Å². The van der Waals surface area contributed by atoms with Crippen LogP contribution in [0.3, 0.4) is 0 Å². The molecule has 2 aromatic rings. The van der Waals surface area contributed by atoms with Crippen molar-refractivity contribution < 1.29 is 0 Å². The Hall–Kier alpha value is -1.75. The maximum absolute atomic E-state index is 4.68. The molecule has 1 atom stereocenters. The minimum absolute atomic E-state index is 0.149. The van der Waals surface area contributed by atoms with Gasteiger partial charge in [-0.15, -0.1) is 0 Å². The minimum Gasteiger partial charge on any atom is -0.352 e. The zero-order valence-electron chi connectivity index (χ0n) is 13.0. The standard InChI is InChI=1S/C16H23N5/c1-16(2,3)19-11-12-5-4-10-21(12)14-7-6-13-15(20-14)18-9-8-17-13/h6-9,12,19H,4-5,10-11H2,1-3H3. The van der Waals surface area contributed by atoms with Crippen LogP contribution in [0.2, 0.25) is 0 Å². The molecule has 0 aromatic carbocycles. The third-order valence-electron chi connectivity index (χ3n) is 3.86. The number of nitrogens with one attached hydrogen (secondary N) is 1. The minimum atomic E-state index is 0.149. The predicted octanol–water partition coefficient (Wildman–Crippen LogP) is 2.38. The average molecular weight is 285 g/mol. The van der Waals surface area contributed by atoms with Gasteiger partial charge in [-0.05, 0) is 45.7 Å². The maximum atomic E-state index is 4.68. The second kappa shape index (κ2) is 5.56. The van der Waals surface area contributed by atoms with Gasteiger partial charge < -0.3 is 10.2 Å². The van der Waals surface area contributed by atoms with E-state index in [0.29, 0.717) is 6.04 Å². The molecule has 21 heavy (non-hydrogen) atoms. The molecule has 0 radical (unpaired) electrons. The van der Waals surface area contributed by atoms with Crippen LogP contribution in [0.4, 0.5) is 5.82 Å². The van der Waals surface area contributed by atoms with Crippen molar-refractivity contribution >= 4 is 17.0 Å². The van der Waals surface area contributed by atoms with E-state index < -0.39 is 0 Å². The maximum Gasteiger partial charge on any atom is 0.180 e. The van der Waals surface area contributed by atoms with E-state index in [1.807, 2.05) is 6.07 Å². The van der Waals surface area contributed by atoms with E-state index in [0.717, 1.165) is 30.1 Å². The van der Waals surface area contributed by atoms with E-state index in [1.54, 1.807) is 12.4 Å². The van der Waals surface area contributed by atoms with Crippen molar-refractivity contribution in [2.45, 2.75) is 45.2 Å². The van der Waals surface area contributed by atoms with Crippen LogP contribution < -0.4 is 10.2 Å². The summed E-state index contributed by atoms with van der Waals surface area (Å²) in [7, 11) is 0. The quantitative estimate of drug-likeness (QED) is 0.938. The van der Waals surface area contributed by atoms with Crippen LogP contribution in [0.15, 0.2) is 24.5 Å². The van der Waals surface area contributed by atoms with Gasteiger partial charge in [-0.2, -0.15) is 0 Å². The first kappa shape index (κ1) is 14.2. The molecule has 5 heteroatoms. The average Bonchev–Trinajstić information content (AvgIpc) is 2.92. The predicted molar refractivity (Wildman–Crippen MR) is 85.5 cm³/mol. The molecule has 3 heterocycles. The molecule has 5 nitrogen and oxygen atoms in total. The smallest absolute Gasteiger partial charge is 0.180 e. The fourth-order valence-corrected chi connectivity index (χ4v) is 2.78. The summed E-state index contributed by atoms with van der Waals surface area (Å²) in [6, 6.07) is 4.58. The van der Waals surface area contributed by atoms with Crippen LogP contribution in [0.25, 0.3) is 11.2 Å². The highest BCUT2D eigenvalue weighted by Gasteiger charge is 2.26. The summed E-state index contributed by atoms with van der Waals surface area (Å²) < 4.78 is 0. The lowest BCUT2D eigenvalue weighted by Crippen LogP contribution is -2.45. The van der Waals surface area contributed by atoms with Crippen LogP contribution >= 0.6 is 0 Å². The number of hydrogen-bond donors (Lipinski definition) is 1. The first-order valence-electron chi connectivity index (χ1n) is 7.62. The molecule has 0 amide bonds. The number of rotatable bonds is 3. The highest BCUT2D eigenvalue weighted by Crippen LogP contribution is 2.25. The Labute approximate surface area is 125 Å². The molecular weight excluding hydrogens is 262 g/mol. The molecule has 3 rings (SSSR count). The van der Waals surface area contributed by atoms with Gasteiger partial charge in [0.2, 0.25) is 0 Å². The Morgan fingerprint density at radius 1 is 1.24 bits per heavy atom. The molecule has 112 valence electrons. The van der Waals surface area contributed by atoms with E-state index in [9.17, 15) is 0 Å². The van der Waals surface area contributed by atoms with Crippen molar-refractivity contribution in [3.8, 4) is 0 Å². The summed E-state index contributed by atoms with van der Waals surface area (Å²) in [6.45, 7) is 8.67. The lowest BCUT2D eigenvalue weighted by molar-refractivity contribution is 0.404. The largest absolute Gasteiger partial charge is 0.352 e. The Bertz CT molecular complexity index is 619. The second-order valence-corrected chi connectivity index (χ2v) is 6.69. The van der Waals surface area contributed by atoms with E-state index in [2.05, 4.69) is 52.0 Å². The molecule has 0 aliphatic carbocycles. The van der Waals surface area contributed by atoms with Gasteiger partial charge in [0.25, 0.3) is 0 Å². The molecule has 1 unspecified atom stereocenters. The number of anilines is 1. The van der Waals surface area contributed by atoms with Crippen LogP contribution in [-0.2, 0) is 0 Å². The Morgan fingerprint density at radius 3 is 2.86 bits per heavy atom. The number of pyridine rings is 1. The van der Waals surface area contributed by atoms with Crippen molar-refractivity contribution in [1.29, 1.82) is 0 Å². The van der Waals surface area contributed by atoms with Gasteiger partial charge in [0.15, 0.2) is 5.65 Å². The van der Waals surface area contributed by atoms with Gasteiger partial charge in [0, 0.05) is 37.1 Å². The summed E-state index contributed by atoms with van der Waals surface area (Å²) in [5.41, 5.74) is 1.73. The fourth-order valence-electron chi connectivity index (χ4n) is 2.78. The molecule has 1 N–H and O–H groups in total. The van der Waals surface area contributed by atoms with E-state index in [-0.39, 0.29) is 5.54 Å². The summed E-state index contributed by atoms with van der Waals surface area (Å²) in [4.78, 5) is 15.7. The Morgan fingerprint density at radius 2 is 2.05 bits per heavy atom. The molecule has 1 aliphatic heterocycles. The number of aromatic nitrogens is 3. The molecule has 0 saturated carbocycles. The first-order valence-corrected chi connectivity index (χ1v) is 7.62. The zero-order valence-corrected chi connectivity index (χ0v) is 13.0. The highest BCUT2D eigenvalue weighted by molar-refractivity contribution is 5.71. The monoisotopic (exact) mass is 285 g/mol. The fraction of sp³-hybridized carbons (Fsp3) is 0.562. The molecule has 0 spiro atoms. The van der Waals surface area contributed by atoms with Crippen molar-refractivity contribution in [1.82, 2.24) is 20.3 Å². The number of fused-ring (bicyclic) bond motifs is 1. The van der Waals surface area contributed by atoms with Gasteiger partial charge in [-0.25, -0.2) is 9.97 Å². The molecule has 1 fully saturated rings. The van der Waals surface area contributed by atoms with Crippen LogP contribution in [0.5, 0.6) is 0 Å². The van der Waals surface area contributed by atoms with Gasteiger partial charge >= 0.3 is 0 Å². The van der Waals surface area contributed by atoms with Gasteiger partial charge in [0.1, 0.15) is 11.3 Å². The molecule has 0 bridgehead atoms. The van der Waals surface area contributed by atoms with E-state index >= 15 is 0 Å². The second-order valence-electron chi connectivity index (χ2n) is 6.69. The Balaban J connectivity index is 1.79. The zero-order chi connectivity index (χ0) is 14.9. The van der Waals surface area contributed by atoms with Crippen LogP contribution in [0.1, 0.15) is 33.6 Å². The van der Waals surface area contributed by atoms with E-state index in [4.69, 9.17) is 0 Å².